The Kier molecular flexibility index (Phi) is 3.86. The molecule has 0 heteroatoms. The SMILES string of the molecule is CCCC1=C/C=CCC\C(C)=C\1. The first-order valence-electron chi connectivity index (χ1n) is 4.86. The molecule has 66 valence electrons. The topological polar surface area (TPSA) is 0 Å². The molecule has 0 saturated carbocycles. The van der Waals surface area contributed by atoms with Crippen LogP contribution >= 0.6 is 0 Å². The van der Waals surface area contributed by atoms with Gasteiger partial charge in [-0.15, -0.1) is 0 Å². The van der Waals surface area contributed by atoms with Crippen molar-refractivity contribution in [1.82, 2.24) is 0 Å². The van der Waals surface area contributed by atoms with Gasteiger partial charge in [0.1, 0.15) is 0 Å². The Bertz CT molecular complexity index is 216. The van der Waals surface area contributed by atoms with Crippen LogP contribution in [0, 0.1) is 0 Å². The number of hydrogen-bond donors (Lipinski definition) is 0. The summed E-state index contributed by atoms with van der Waals surface area (Å²) in [6, 6.07) is 0. The average Bonchev–Trinajstić information content (AvgIpc) is 2.00. The Hall–Kier alpha value is -0.780. The third kappa shape index (κ3) is 3.08. The molecule has 0 unspecified atom stereocenters. The smallest absolute Gasteiger partial charge is 0.0282 e. The molecule has 0 radical (unpaired) electrons. The molecule has 0 atom stereocenters. The Balaban J connectivity index is 2.70. The lowest BCUT2D eigenvalue weighted by Crippen LogP contribution is -1.84. The standard InChI is InChI=1S/C12H18/c1-3-7-12-9-6-4-5-8-11(2)10-12/h4,6,9-10H,3,5,7-8H2,1-2H3/b6-4?,11-10+,12-9-. The van der Waals surface area contributed by atoms with E-state index >= 15 is 0 Å². The molecule has 0 aliphatic heterocycles. The van der Waals surface area contributed by atoms with Gasteiger partial charge >= 0.3 is 0 Å². The van der Waals surface area contributed by atoms with Gasteiger partial charge in [0, 0.05) is 0 Å². The second kappa shape index (κ2) is 4.97. The molecular formula is C12H18. The summed E-state index contributed by atoms with van der Waals surface area (Å²) in [4.78, 5) is 0. The maximum Gasteiger partial charge on any atom is -0.0282 e. The van der Waals surface area contributed by atoms with Gasteiger partial charge in [0.25, 0.3) is 0 Å². The molecule has 0 aromatic carbocycles. The van der Waals surface area contributed by atoms with Crippen LogP contribution < -0.4 is 0 Å². The lowest BCUT2D eigenvalue weighted by Gasteiger charge is -2.04. The van der Waals surface area contributed by atoms with Crippen molar-refractivity contribution in [2.24, 2.45) is 0 Å². The quantitative estimate of drug-likeness (QED) is 0.575. The van der Waals surface area contributed by atoms with Crippen molar-refractivity contribution in [2.75, 3.05) is 0 Å². The third-order valence-corrected chi connectivity index (χ3v) is 2.12. The van der Waals surface area contributed by atoms with E-state index in [4.69, 9.17) is 0 Å². The van der Waals surface area contributed by atoms with Crippen LogP contribution in [0.25, 0.3) is 0 Å². The molecular weight excluding hydrogens is 144 g/mol. The highest BCUT2D eigenvalue weighted by Gasteiger charge is 1.95. The van der Waals surface area contributed by atoms with E-state index in [1.165, 1.54) is 36.8 Å². The molecule has 0 bridgehead atoms. The molecule has 0 nitrogen and oxygen atoms in total. The maximum absolute atomic E-state index is 2.34. The van der Waals surface area contributed by atoms with Crippen LogP contribution in [0.3, 0.4) is 0 Å². The van der Waals surface area contributed by atoms with Crippen molar-refractivity contribution in [1.29, 1.82) is 0 Å². The highest BCUT2D eigenvalue weighted by molar-refractivity contribution is 5.28. The van der Waals surface area contributed by atoms with Crippen LogP contribution in [0.2, 0.25) is 0 Å². The summed E-state index contributed by atoms with van der Waals surface area (Å²) in [5, 5.41) is 0. The van der Waals surface area contributed by atoms with Gasteiger partial charge in [-0.05, 0) is 31.8 Å². The van der Waals surface area contributed by atoms with Gasteiger partial charge in [0.2, 0.25) is 0 Å². The molecule has 0 amide bonds. The molecule has 1 aliphatic rings. The fraction of sp³-hybridized carbons (Fsp3) is 0.500. The van der Waals surface area contributed by atoms with Gasteiger partial charge in [0.05, 0.1) is 0 Å². The van der Waals surface area contributed by atoms with Crippen LogP contribution in [-0.2, 0) is 0 Å². The van der Waals surface area contributed by atoms with Gasteiger partial charge in [-0.3, -0.25) is 0 Å². The van der Waals surface area contributed by atoms with Gasteiger partial charge in [-0.1, -0.05) is 43.2 Å². The number of rotatable bonds is 2. The van der Waals surface area contributed by atoms with E-state index in [1.807, 2.05) is 0 Å². The minimum absolute atomic E-state index is 1.19. The Labute approximate surface area is 75.7 Å². The van der Waals surface area contributed by atoms with Gasteiger partial charge in [0.15, 0.2) is 0 Å². The maximum atomic E-state index is 2.34. The zero-order valence-electron chi connectivity index (χ0n) is 8.14. The summed E-state index contributed by atoms with van der Waals surface area (Å²) in [5.74, 6) is 0. The third-order valence-electron chi connectivity index (χ3n) is 2.12. The molecule has 0 N–H and O–H groups in total. The van der Waals surface area contributed by atoms with Crippen LogP contribution in [0.4, 0.5) is 0 Å². The van der Waals surface area contributed by atoms with E-state index in [9.17, 15) is 0 Å². The lowest BCUT2D eigenvalue weighted by atomic mass is 10.0. The fourth-order valence-corrected chi connectivity index (χ4v) is 1.48. The van der Waals surface area contributed by atoms with Gasteiger partial charge in [-0.2, -0.15) is 0 Å². The van der Waals surface area contributed by atoms with Gasteiger partial charge in [-0.25, -0.2) is 0 Å². The molecule has 1 aliphatic carbocycles. The number of allylic oxidation sites excluding steroid dienone is 6. The van der Waals surface area contributed by atoms with Crippen LogP contribution in [0.5, 0.6) is 0 Å². The lowest BCUT2D eigenvalue weighted by molar-refractivity contribution is 0.908. The summed E-state index contributed by atoms with van der Waals surface area (Å²) in [6.07, 6.45) is 13.9. The monoisotopic (exact) mass is 162 g/mol. The zero-order chi connectivity index (χ0) is 8.81. The zero-order valence-corrected chi connectivity index (χ0v) is 8.14. The summed E-state index contributed by atoms with van der Waals surface area (Å²) in [7, 11) is 0. The summed E-state index contributed by atoms with van der Waals surface area (Å²) in [6.45, 7) is 4.45. The van der Waals surface area contributed by atoms with Gasteiger partial charge < -0.3 is 0 Å². The van der Waals surface area contributed by atoms with E-state index in [0.717, 1.165) is 0 Å². The van der Waals surface area contributed by atoms with E-state index in [-0.39, 0.29) is 0 Å². The summed E-state index contributed by atoms with van der Waals surface area (Å²) >= 11 is 0. The molecule has 12 heavy (non-hydrogen) atoms. The number of hydrogen-bond acceptors (Lipinski definition) is 0. The van der Waals surface area contributed by atoms with Crippen molar-refractivity contribution >= 4 is 0 Å². The van der Waals surface area contributed by atoms with Crippen LogP contribution in [-0.4, -0.2) is 0 Å². The van der Waals surface area contributed by atoms with E-state index in [1.54, 1.807) is 0 Å². The van der Waals surface area contributed by atoms with Crippen molar-refractivity contribution < 1.29 is 0 Å². The second-order valence-corrected chi connectivity index (χ2v) is 3.45. The van der Waals surface area contributed by atoms with E-state index in [0.29, 0.717) is 0 Å². The van der Waals surface area contributed by atoms with Crippen molar-refractivity contribution in [3.05, 3.63) is 35.5 Å². The first kappa shape index (κ1) is 9.31. The molecule has 0 heterocycles. The Morgan fingerprint density at radius 1 is 1.42 bits per heavy atom. The van der Waals surface area contributed by atoms with E-state index in [2.05, 4.69) is 38.2 Å². The molecule has 0 fully saturated rings. The minimum atomic E-state index is 1.19. The predicted octanol–water partition coefficient (Wildman–Crippen LogP) is 4.01. The molecule has 0 spiro atoms. The van der Waals surface area contributed by atoms with Crippen molar-refractivity contribution in [2.45, 2.75) is 39.5 Å². The van der Waals surface area contributed by atoms with Crippen LogP contribution in [0.1, 0.15) is 39.5 Å². The van der Waals surface area contributed by atoms with Crippen LogP contribution in [0.15, 0.2) is 35.5 Å². The second-order valence-electron chi connectivity index (χ2n) is 3.45. The molecule has 0 aromatic rings. The predicted molar refractivity (Wildman–Crippen MR) is 55.1 cm³/mol. The molecule has 1 rings (SSSR count). The summed E-state index contributed by atoms with van der Waals surface area (Å²) < 4.78 is 0. The average molecular weight is 162 g/mol. The van der Waals surface area contributed by atoms with Crippen molar-refractivity contribution in [3.8, 4) is 0 Å². The fourth-order valence-electron chi connectivity index (χ4n) is 1.48. The first-order valence-corrected chi connectivity index (χ1v) is 4.86. The normalized spacial score (nSPS) is 26.5. The first-order chi connectivity index (χ1) is 5.83. The summed E-state index contributed by atoms with van der Waals surface area (Å²) in [5.41, 5.74) is 2.99. The minimum Gasteiger partial charge on any atom is -0.0842 e. The highest BCUT2D eigenvalue weighted by atomic mass is 14.0. The molecule has 0 saturated heterocycles. The van der Waals surface area contributed by atoms with Crippen molar-refractivity contribution in [3.63, 3.8) is 0 Å². The van der Waals surface area contributed by atoms with E-state index < -0.39 is 0 Å². The highest BCUT2D eigenvalue weighted by Crippen LogP contribution is 2.15. The Morgan fingerprint density at radius 3 is 3.00 bits per heavy atom. The molecule has 0 aromatic heterocycles. The Morgan fingerprint density at radius 2 is 2.25 bits per heavy atom. The largest absolute Gasteiger partial charge is 0.0842 e.